The molecule has 2 aromatic rings. The van der Waals surface area contributed by atoms with E-state index < -0.39 is 0 Å². The molecular weight excluding hydrogens is 342 g/mol. The molecule has 2 aromatic carbocycles. The van der Waals surface area contributed by atoms with Gasteiger partial charge in [0.05, 0.1) is 12.6 Å². The average Bonchev–Trinajstić information content (AvgIpc) is 3.36. The van der Waals surface area contributed by atoms with Crippen molar-refractivity contribution in [3.05, 3.63) is 59.2 Å². The monoisotopic (exact) mass is 369 g/mol. The van der Waals surface area contributed by atoms with Crippen molar-refractivity contribution in [1.82, 2.24) is 16.2 Å². The smallest absolute Gasteiger partial charge is 0.231 e. The summed E-state index contributed by atoms with van der Waals surface area (Å²) in [6, 6.07) is 15.1. The molecule has 2 heterocycles. The zero-order chi connectivity index (χ0) is 18.5. The summed E-state index contributed by atoms with van der Waals surface area (Å²) in [6.45, 7) is 6.47. The maximum Gasteiger partial charge on any atom is 0.231 e. The number of nitrogens with one attached hydrogen (secondary N) is 3. The van der Waals surface area contributed by atoms with Gasteiger partial charge in [0.1, 0.15) is 0 Å². The molecular formula is C21H27N3O3. The molecule has 0 aliphatic carbocycles. The first-order valence-corrected chi connectivity index (χ1v) is 9.57. The van der Waals surface area contributed by atoms with Crippen LogP contribution in [0, 0.1) is 5.92 Å². The second kappa shape index (κ2) is 8.71. The molecule has 0 spiro atoms. The second-order valence-corrected chi connectivity index (χ2v) is 6.96. The molecule has 0 bridgehead atoms. The molecule has 144 valence electrons. The summed E-state index contributed by atoms with van der Waals surface area (Å²) < 4.78 is 16.4. The van der Waals surface area contributed by atoms with Crippen LogP contribution < -0.4 is 25.6 Å². The van der Waals surface area contributed by atoms with Crippen LogP contribution in [0.2, 0.25) is 0 Å². The first kappa shape index (κ1) is 18.3. The molecule has 1 fully saturated rings. The summed E-state index contributed by atoms with van der Waals surface area (Å²) >= 11 is 0. The van der Waals surface area contributed by atoms with Crippen LogP contribution in [0.4, 0.5) is 0 Å². The van der Waals surface area contributed by atoms with Gasteiger partial charge in [-0.2, -0.15) is 0 Å². The fourth-order valence-electron chi connectivity index (χ4n) is 3.56. The molecule has 0 radical (unpaired) electrons. The molecule has 6 heteroatoms. The van der Waals surface area contributed by atoms with Crippen LogP contribution >= 0.6 is 0 Å². The lowest BCUT2D eigenvalue weighted by molar-refractivity contribution is 0.134. The van der Waals surface area contributed by atoms with Crippen molar-refractivity contribution in [1.29, 1.82) is 0 Å². The Labute approximate surface area is 160 Å². The Morgan fingerprint density at radius 2 is 1.89 bits per heavy atom. The van der Waals surface area contributed by atoms with Crippen LogP contribution in [0.25, 0.3) is 0 Å². The zero-order valence-electron chi connectivity index (χ0n) is 15.7. The van der Waals surface area contributed by atoms with Crippen molar-refractivity contribution in [2.75, 3.05) is 26.5 Å². The van der Waals surface area contributed by atoms with Crippen molar-refractivity contribution < 1.29 is 14.2 Å². The Morgan fingerprint density at radius 1 is 1.07 bits per heavy atom. The Morgan fingerprint density at radius 3 is 2.74 bits per heavy atom. The van der Waals surface area contributed by atoms with E-state index in [4.69, 9.17) is 14.2 Å². The number of benzene rings is 2. The van der Waals surface area contributed by atoms with Crippen molar-refractivity contribution in [3.63, 3.8) is 0 Å². The van der Waals surface area contributed by atoms with Crippen molar-refractivity contribution >= 4 is 0 Å². The van der Waals surface area contributed by atoms with Gasteiger partial charge in [0, 0.05) is 32.2 Å². The highest BCUT2D eigenvalue weighted by molar-refractivity contribution is 5.45. The third kappa shape index (κ3) is 4.42. The molecule has 2 aliphatic heterocycles. The van der Waals surface area contributed by atoms with E-state index in [-0.39, 0.29) is 6.04 Å². The first-order valence-electron chi connectivity index (χ1n) is 9.57. The summed E-state index contributed by atoms with van der Waals surface area (Å²) in [7, 11) is 0. The maximum atomic E-state index is 5.51. The number of rotatable bonds is 8. The third-order valence-corrected chi connectivity index (χ3v) is 5.08. The minimum Gasteiger partial charge on any atom is -0.454 e. The van der Waals surface area contributed by atoms with Crippen LogP contribution in [0.5, 0.6) is 11.5 Å². The van der Waals surface area contributed by atoms with Gasteiger partial charge < -0.3 is 19.5 Å². The van der Waals surface area contributed by atoms with Crippen molar-refractivity contribution in [2.24, 2.45) is 5.92 Å². The number of hydrazine groups is 1. The largest absolute Gasteiger partial charge is 0.454 e. The molecule has 4 rings (SSSR count). The van der Waals surface area contributed by atoms with E-state index in [9.17, 15) is 0 Å². The molecule has 0 amide bonds. The van der Waals surface area contributed by atoms with Crippen LogP contribution in [-0.4, -0.2) is 26.5 Å². The highest BCUT2D eigenvalue weighted by Crippen LogP contribution is 2.36. The van der Waals surface area contributed by atoms with Gasteiger partial charge in [-0.15, -0.1) is 0 Å². The molecule has 2 aliphatic rings. The molecule has 27 heavy (non-hydrogen) atoms. The van der Waals surface area contributed by atoms with E-state index in [2.05, 4.69) is 52.6 Å². The summed E-state index contributed by atoms with van der Waals surface area (Å²) in [6.07, 6.45) is 0. The van der Waals surface area contributed by atoms with Crippen LogP contribution in [0.15, 0.2) is 42.5 Å². The number of hydrogen-bond donors (Lipinski definition) is 3. The van der Waals surface area contributed by atoms with Crippen LogP contribution in [0.1, 0.15) is 29.7 Å². The minimum atomic E-state index is 0.251. The van der Waals surface area contributed by atoms with E-state index in [1.54, 1.807) is 0 Å². The lowest BCUT2D eigenvalue weighted by Gasteiger charge is -2.19. The van der Waals surface area contributed by atoms with Gasteiger partial charge in [-0.1, -0.05) is 30.3 Å². The SMILES string of the molecule is CCOCc1ccc(CNCC2CNNC2c2ccc3c(c2)OCO3)cc1. The topological polar surface area (TPSA) is 63.8 Å². The number of hydrogen-bond acceptors (Lipinski definition) is 6. The highest BCUT2D eigenvalue weighted by Gasteiger charge is 2.29. The van der Waals surface area contributed by atoms with E-state index >= 15 is 0 Å². The fourth-order valence-corrected chi connectivity index (χ4v) is 3.56. The molecule has 0 aromatic heterocycles. The number of fused-ring (bicyclic) bond motifs is 1. The summed E-state index contributed by atoms with van der Waals surface area (Å²) in [4.78, 5) is 0. The van der Waals surface area contributed by atoms with Gasteiger partial charge in [-0.25, -0.2) is 5.43 Å². The molecule has 6 nitrogen and oxygen atoms in total. The predicted octanol–water partition coefficient (Wildman–Crippen LogP) is 2.51. The first-order chi connectivity index (χ1) is 13.3. The molecule has 2 atom stereocenters. The van der Waals surface area contributed by atoms with E-state index in [1.165, 1.54) is 16.7 Å². The fraction of sp³-hybridized carbons (Fsp3) is 0.429. The Hall–Kier alpha value is -2.12. The number of ether oxygens (including phenoxy) is 3. The molecule has 1 saturated heterocycles. The van der Waals surface area contributed by atoms with Crippen LogP contribution in [0.3, 0.4) is 0 Å². The predicted molar refractivity (Wildman–Crippen MR) is 103 cm³/mol. The quantitative estimate of drug-likeness (QED) is 0.665. The van der Waals surface area contributed by atoms with Gasteiger partial charge in [-0.05, 0) is 35.7 Å². The van der Waals surface area contributed by atoms with Gasteiger partial charge in [-0.3, -0.25) is 5.43 Å². The third-order valence-electron chi connectivity index (χ3n) is 5.08. The van der Waals surface area contributed by atoms with Gasteiger partial charge in [0.15, 0.2) is 11.5 Å². The van der Waals surface area contributed by atoms with E-state index in [1.807, 2.05) is 13.0 Å². The van der Waals surface area contributed by atoms with E-state index in [0.29, 0.717) is 19.3 Å². The Bertz CT molecular complexity index is 751. The maximum absolute atomic E-state index is 5.51. The normalized spacial score (nSPS) is 20.9. The van der Waals surface area contributed by atoms with E-state index in [0.717, 1.165) is 37.7 Å². The van der Waals surface area contributed by atoms with Gasteiger partial charge in [0.25, 0.3) is 0 Å². The zero-order valence-corrected chi connectivity index (χ0v) is 15.7. The molecule has 2 unspecified atom stereocenters. The lowest BCUT2D eigenvalue weighted by atomic mass is 9.94. The molecule has 3 N–H and O–H groups in total. The minimum absolute atomic E-state index is 0.251. The van der Waals surface area contributed by atoms with Crippen molar-refractivity contribution in [3.8, 4) is 11.5 Å². The average molecular weight is 369 g/mol. The standard InChI is InChI=1S/C21H27N3O3/c1-2-25-13-16-5-3-15(4-6-16)10-22-11-18-12-23-24-21(18)17-7-8-19-20(9-17)27-14-26-19/h3-9,18,21-24H,2,10-14H2,1H3. The Balaban J connectivity index is 1.30. The summed E-state index contributed by atoms with van der Waals surface area (Å²) in [5.41, 5.74) is 10.4. The second-order valence-electron chi connectivity index (χ2n) is 6.96. The molecule has 0 saturated carbocycles. The lowest BCUT2D eigenvalue weighted by Crippen LogP contribution is -2.28. The highest BCUT2D eigenvalue weighted by atomic mass is 16.7. The Kier molecular flexibility index (Phi) is 5.89. The summed E-state index contributed by atoms with van der Waals surface area (Å²) in [5.74, 6) is 2.12. The summed E-state index contributed by atoms with van der Waals surface area (Å²) in [5, 5.41) is 3.59. The van der Waals surface area contributed by atoms with Crippen molar-refractivity contribution in [2.45, 2.75) is 26.1 Å². The van der Waals surface area contributed by atoms with Gasteiger partial charge in [0.2, 0.25) is 6.79 Å². The van der Waals surface area contributed by atoms with Crippen LogP contribution in [-0.2, 0) is 17.9 Å². The van der Waals surface area contributed by atoms with Gasteiger partial charge >= 0.3 is 0 Å².